The maximum atomic E-state index is 12.2. The van der Waals surface area contributed by atoms with Gasteiger partial charge in [0.15, 0.2) is 0 Å². The van der Waals surface area contributed by atoms with Crippen molar-refractivity contribution in [3.05, 3.63) is 35.8 Å². The number of carbonyl (C=O) groups is 2. The van der Waals surface area contributed by atoms with Crippen molar-refractivity contribution in [2.45, 2.75) is 25.8 Å². The highest BCUT2D eigenvalue weighted by Crippen LogP contribution is 2.22. The molecule has 2 aliphatic rings. The molecule has 3 N–H and O–H groups in total. The highest BCUT2D eigenvalue weighted by atomic mass is 16.3. The van der Waals surface area contributed by atoms with Gasteiger partial charge in [0.25, 0.3) is 11.8 Å². The summed E-state index contributed by atoms with van der Waals surface area (Å²) in [5.74, 6) is 0.0945. The van der Waals surface area contributed by atoms with Crippen molar-refractivity contribution in [3.8, 4) is 0 Å². The molecule has 4 rings (SSSR count). The molecular weight excluding hydrogens is 346 g/mol. The lowest BCUT2D eigenvalue weighted by molar-refractivity contribution is -0.137. The van der Waals surface area contributed by atoms with E-state index >= 15 is 0 Å². The van der Waals surface area contributed by atoms with Crippen LogP contribution < -0.4 is 5.32 Å². The second-order valence-electron chi connectivity index (χ2n) is 6.95. The number of carbonyl (C=O) groups excluding carboxylic acids is 2. The number of H-pyrrole nitrogens is 1. The van der Waals surface area contributed by atoms with Gasteiger partial charge in [-0.3, -0.25) is 19.4 Å². The molecule has 0 bridgehead atoms. The van der Waals surface area contributed by atoms with Crippen molar-refractivity contribution < 1.29 is 14.7 Å². The molecule has 0 atom stereocenters. The third kappa shape index (κ3) is 3.72. The summed E-state index contributed by atoms with van der Waals surface area (Å²) in [5, 5.41) is 12.0. The highest BCUT2D eigenvalue weighted by Gasteiger charge is 2.30. The minimum absolute atomic E-state index is 0.00120. The topological polar surface area (TPSA) is 102 Å². The molecule has 2 aliphatic heterocycles. The maximum absolute atomic E-state index is 12.2. The molecule has 27 heavy (non-hydrogen) atoms. The van der Waals surface area contributed by atoms with E-state index in [9.17, 15) is 9.59 Å². The summed E-state index contributed by atoms with van der Waals surface area (Å²) < 4.78 is 0. The Balaban J connectivity index is 1.48. The summed E-state index contributed by atoms with van der Waals surface area (Å²) in [6.45, 7) is 2.78. The fraction of sp³-hybridized carbons (Fsp3) is 0.421. The van der Waals surface area contributed by atoms with Crippen LogP contribution in [0.1, 0.15) is 25.1 Å². The Labute approximate surface area is 156 Å². The van der Waals surface area contributed by atoms with Crippen molar-refractivity contribution >= 4 is 28.5 Å². The smallest absolute Gasteiger partial charge is 0.277 e. The van der Waals surface area contributed by atoms with E-state index in [-0.39, 0.29) is 18.8 Å². The lowest BCUT2D eigenvalue weighted by Gasteiger charge is -2.25. The molecule has 142 valence electrons. The van der Waals surface area contributed by atoms with Gasteiger partial charge < -0.3 is 15.4 Å². The van der Waals surface area contributed by atoms with Crippen LogP contribution in [-0.2, 0) is 16.1 Å². The SMILES string of the molecule is O=C1C=C(Nc2ccc3nc(CN4CCCCC4)[nH]c3c2)C(=O)N1CCO. The number of fused-ring (bicyclic) bond motifs is 1. The van der Waals surface area contributed by atoms with Crippen molar-refractivity contribution in [2.75, 3.05) is 31.6 Å². The fourth-order valence-electron chi connectivity index (χ4n) is 3.61. The number of piperidine rings is 1. The van der Waals surface area contributed by atoms with Crippen LogP contribution in [-0.4, -0.2) is 62.9 Å². The third-order valence-corrected chi connectivity index (χ3v) is 4.96. The Morgan fingerprint density at radius 3 is 2.78 bits per heavy atom. The molecule has 0 radical (unpaired) electrons. The zero-order valence-electron chi connectivity index (χ0n) is 15.1. The number of likely N-dealkylation sites (tertiary alicyclic amines) is 1. The van der Waals surface area contributed by atoms with Gasteiger partial charge in [-0.2, -0.15) is 0 Å². The molecule has 0 spiro atoms. The lowest BCUT2D eigenvalue weighted by Crippen LogP contribution is -2.34. The number of rotatable bonds is 6. The molecule has 1 fully saturated rings. The van der Waals surface area contributed by atoms with E-state index in [4.69, 9.17) is 5.11 Å². The van der Waals surface area contributed by atoms with E-state index in [2.05, 4.69) is 20.2 Å². The van der Waals surface area contributed by atoms with Gasteiger partial charge in [0.05, 0.1) is 30.7 Å². The molecule has 8 heteroatoms. The summed E-state index contributed by atoms with van der Waals surface area (Å²) in [5.41, 5.74) is 2.67. The normalized spacial score (nSPS) is 18.4. The molecule has 8 nitrogen and oxygen atoms in total. The number of hydrogen-bond acceptors (Lipinski definition) is 6. The van der Waals surface area contributed by atoms with Crippen LogP contribution in [0.15, 0.2) is 30.0 Å². The number of anilines is 1. The van der Waals surface area contributed by atoms with E-state index in [0.717, 1.165) is 41.4 Å². The quantitative estimate of drug-likeness (QED) is 0.662. The predicted octanol–water partition coefficient (Wildman–Crippen LogP) is 1.21. The number of imide groups is 1. The summed E-state index contributed by atoms with van der Waals surface area (Å²) in [6.07, 6.45) is 5.04. The fourth-order valence-corrected chi connectivity index (χ4v) is 3.61. The molecule has 1 aromatic heterocycles. The number of nitrogens with one attached hydrogen (secondary N) is 2. The Hall–Kier alpha value is -2.71. The highest BCUT2D eigenvalue weighted by molar-refractivity contribution is 6.17. The van der Waals surface area contributed by atoms with Crippen molar-refractivity contribution in [1.82, 2.24) is 19.8 Å². The first-order valence-electron chi connectivity index (χ1n) is 9.30. The van der Waals surface area contributed by atoms with Crippen LogP contribution in [0.25, 0.3) is 11.0 Å². The second-order valence-corrected chi connectivity index (χ2v) is 6.95. The number of aliphatic hydroxyl groups is 1. The first-order valence-corrected chi connectivity index (χ1v) is 9.30. The Bertz CT molecular complexity index is 898. The van der Waals surface area contributed by atoms with E-state index in [1.807, 2.05) is 18.2 Å². The monoisotopic (exact) mass is 369 g/mol. The molecule has 0 unspecified atom stereocenters. The minimum atomic E-state index is -0.426. The average molecular weight is 369 g/mol. The molecule has 0 aliphatic carbocycles. The second kappa shape index (κ2) is 7.50. The summed E-state index contributed by atoms with van der Waals surface area (Å²) in [4.78, 5) is 35.5. The van der Waals surface area contributed by atoms with Crippen LogP contribution in [0.2, 0.25) is 0 Å². The number of aliphatic hydroxyl groups excluding tert-OH is 1. The van der Waals surface area contributed by atoms with E-state index < -0.39 is 11.8 Å². The number of aromatic amines is 1. The molecular formula is C19H23N5O3. The lowest BCUT2D eigenvalue weighted by atomic mass is 10.1. The third-order valence-electron chi connectivity index (χ3n) is 4.96. The number of imidazole rings is 1. The molecule has 3 heterocycles. The number of β-amino-alcohol motifs (C(OH)–C–C–N with tert-alkyl or cyclic N) is 1. The van der Waals surface area contributed by atoms with Gasteiger partial charge in [0, 0.05) is 11.8 Å². The summed E-state index contributed by atoms with van der Waals surface area (Å²) in [7, 11) is 0. The Kier molecular flexibility index (Phi) is 4.91. The number of benzene rings is 1. The predicted molar refractivity (Wildman–Crippen MR) is 101 cm³/mol. The standard InChI is InChI=1S/C19H23N5O3/c25-9-8-24-18(26)11-16(19(24)27)20-13-4-5-14-15(10-13)22-17(21-14)12-23-6-2-1-3-7-23/h4-5,10-11,20,25H,1-3,6-9,12H2,(H,21,22). The van der Waals surface area contributed by atoms with Crippen LogP contribution in [0.4, 0.5) is 5.69 Å². The summed E-state index contributed by atoms with van der Waals surface area (Å²) >= 11 is 0. The van der Waals surface area contributed by atoms with Crippen LogP contribution in [0.3, 0.4) is 0 Å². The van der Waals surface area contributed by atoms with Crippen molar-refractivity contribution in [2.24, 2.45) is 0 Å². The van der Waals surface area contributed by atoms with Gasteiger partial charge in [-0.1, -0.05) is 6.42 Å². The Morgan fingerprint density at radius 1 is 1.19 bits per heavy atom. The molecule has 2 amide bonds. The van der Waals surface area contributed by atoms with Crippen LogP contribution >= 0.6 is 0 Å². The molecule has 0 saturated carbocycles. The van der Waals surface area contributed by atoms with Crippen LogP contribution in [0, 0.1) is 0 Å². The minimum Gasteiger partial charge on any atom is -0.395 e. The first kappa shape index (κ1) is 17.7. The average Bonchev–Trinajstić information content (AvgIpc) is 3.18. The van der Waals surface area contributed by atoms with E-state index in [1.54, 1.807) is 0 Å². The van der Waals surface area contributed by atoms with Gasteiger partial charge in [0.2, 0.25) is 0 Å². The number of aromatic nitrogens is 2. The zero-order valence-corrected chi connectivity index (χ0v) is 15.1. The first-order chi connectivity index (χ1) is 13.1. The van der Waals surface area contributed by atoms with E-state index in [1.165, 1.54) is 25.3 Å². The summed E-state index contributed by atoms with van der Waals surface area (Å²) in [6, 6.07) is 5.61. The molecule has 1 aromatic carbocycles. The zero-order chi connectivity index (χ0) is 18.8. The van der Waals surface area contributed by atoms with Crippen LogP contribution in [0.5, 0.6) is 0 Å². The van der Waals surface area contributed by atoms with Crippen molar-refractivity contribution in [1.29, 1.82) is 0 Å². The van der Waals surface area contributed by atoms with Gasteiger partial charge in [-0.05, 0) is 44.1 Å². The van der Waals surface area contributed by atoms with Gasteiger partial charge in [0.1, 0.15) is 11.5 Å². The van der Waals surface area contributed by atoms with Gasteiger partial charge in [-0.15, -0.1) is 0 Å². The van der Waals surface area contributed by atoms with E-state index in [0.29, 0.717) is 5.69 Å². The maximum Gasteiger partial charge on any atom is 0.277 e. The van der Waals surface area contributed by atoms with Gasteiger partial charge >= 0.3 is 0 Å². The number of hydrogen-bond donors (Lipinski definition) is 3. The molecule has 2 aromatic rings. The van der Waals surface area contributed by atoms with Gasteiger partial charge in [-0.25, -0.2) is 4.98 Å². The molecule has 1 saturated heterocycles. The Morgan fingerprint density at radius 2 is 2.00 bits per heavy atom. The number of amides is 2. The largest absolute Gasteiger partial charge is 0.395 e. The number of nitrogens with zero attached hydrogens (tertiary/aromatic N) is 3. The van der Waals surface area contributed by atoms with Crippen molar-refractivity contribution in [3.63, 3.8) is 0 Å².